The van der Waals surface area contributed by atoms with Gasteiger partial charge in [-0.1, -0.05) is 61.5 Å². The average Bonchev–Trinajstić information content (AvgIpc) is 3.09. The number of aliphatic hydroxyl groups excluding tert-OH is 1. The standard InChI is InChI=1S/C26H24O5/c1-16(18-9-10-20-15-21(30-2)12-11-19(20)14-18)24(27)23-25(28)22(31-26(23)29)13-8-17-6-4-3-5-7-17/h3-7,9-12,14-16,22,28H,8,13H2,1-2H3. The molecule has 0 aromatic heterocycles. The van der Waals surface area contributed by atoms with Crippen LogP contribution >= 0.6 is 0 Å². The number of Topliss-reactive ketones (excluding diaryl/α,β-unsaturated/α-hetero) is 1. The summed E-state index contributed by atoms with van der Waals surface area (Å²) in [6.45, 7) is 1.73. The summed E-state index contributed by atoms with van der Waals surface area (Å²) in [7, 11) is 1.62. The van der Waals surface area contributed by atoms with Crippen LogP contribution in [-0.2, 0) is 20.7 Å². The molecule has 0 radical (unpaired) electrons. The molecule has 0 aliphatic carbocycles. The number of carbonyl (C=O) groups excluding carboxylic acids is 2. The van der Waals surface area contributed by atoms with Gasteiger partial charge in [0.15, 0.2) is 17.6 Å². The van der Waals surface area contributed by atoms with Crippen LogP contribution in [0.4, 0.5) is 0 Å². The van der Waals surface area contributed by atoms with Crippen LogP contribution in [0.25, 0.3) is 10.8 Å². The molecule has 2 atom stereocenters. The van der Waals surface area contributed by atoms with Crippen LogP contribution in [0.1, 0.15) is 30.4 Å². The van der Waals surface area contributed by atoms with Crippen LogP contribution < -0.4 is 4.74 Å². The predicted molar refractivity (Wildman–Crippen MR) is 118 cm³/mol. The van der Waals surface area contributed by atoms with Crippen molar-refractivity contribution in [3.8, 4) is 5.75 Å². The van der Waals surface area contributed by atoms with Gasteiger partial charge in [-0.3, -0.25) is 4.79 Å². The summed E-state index contributed by atoms with van der Waals surface area (Å²) in [4.78, 5) is 25.5. The number of ether oxygens (including phenoxy) is 2. The molecule has 0 bridgehead atoms. The fourth-order valence-corrected chi connectivity index (χ4v) is 3.88. The minimum absolute atomic E-state index is 0.236. The first-order valence-corrected chi connectivity index (χ1v) is 10.3. The number of benzene rings is 3. The third kappa shape index (κ3) is 4.17. The first kappa shape index (κ1) is 20.7. The molecule has 5 heteroatoms. The molecule has 4 rings (SSSR count). The van der Waals surface area contributed by atoms with Gasteiger partial charge in [0, 0.05) is 5.92 Å². The molecular formula is C26H24O5. The molecule has 2 unspecified atom stereocenters. The van der Waals surface area contributed by atoms with Crippen molar-refractivity contribution in [2.45, 2.75) is 31.8 Å². The molecule has 3 aromatic rings. The summed E-state index contributed by atoms with van der Waals surface area (Å²) in [5.41, 5.74) is 1.61. The van der Waals surface area contributed by atoms with Gasteiger partial charge in [0.05, 0.1) is 7.11 Å². The Morgan fingerprint density at radius 3 is 2.52 bits per heavy atom. The second kappa shape index (κ2) is 8.64. The molecule has 1 aliphatic heterocycles. The number of rotatable bonds is 7. The van der Waals surface area contributed by atoms with Gasteiger partial charge in [-0.15, -0.1) is 0 Å². The van der Waals surface area contributed by atoms with Gasteiger partial charge in [-0.2, -0.15) is 0 Å². The van der Waals surface area contributed by atoms with E-state index in [0.29, 0.717) is 12.8 Å². The number of esters is 1. The van der Waals surface area contributed by atoms with Gasteiger partial charge in [0.2, 0.25) is 0 Å². The third-order valence-electron chi connectivity index (χ3n) is 5.76. The van der Waals surface area contributed by atoms with Crippen molar-refractivity contribution in [1.29, 1.82) is 0 Å². The Hall–Kier alpha value is -3.60. The zero-order valence-electron chi connectivity index (χ0n) is 17.5. The van der Waals surface area contributed by atoms with Crippen molar-refractivity contribution in [1.82, 2.24) is 0 Å². The van der Waals surface area contributed by atoms with E-state index in [1.54, 1.807) is 14.0 Å². The van der Waals surface area contributed by atoms with E-state index in [-0.39, 0.29) is 11.3 Å². The summed E-state index contributed by atoms with van der Waals surface area (Å²) in [5.74, 6) is -1.28. The lowest BCUT2D eigenvalue weighted by molar-refractivity contribution is -0.141. The molecule has 3 aromatic carbocycles. The summed E-state index contributed by atoms with van der Waals surface area (Å²) < 4.78 is 10.6. The van der Waals surface area contributed by atoms with E-state index in [1.807, 2.05) is 66.7 Å². The number of methoxy groups -OCH3 is 1. The molecule has 1 heterocycles. The lowest BCUT2D eigenvalue weighted by Gasteiger charge is -2.12. The van der Waals surface area contributed by atoms with Gasteiger partial charge >= 0.3 is 5.97 Å². The van der Waals surface area contributed by atoms with Crippen LogP contribution in [0, 0.1) is 0 Å². The van der Waals surface area contributed by atoms with Gasteiger partial charge in [0.1, 0.15) is 11.3 Å². The van der Waals surface area contributed by atoms with Crippen LogP contribution in [0.15, 0.2) is 78.1 Å². The van der Waals surface area contributed by atoms with Crippen LogP contribution in [0.3, 0.4) is 0 Å². The number of aliphatic hydroxyl groups is 1. The van der Waals surface area contributed by atoms with Crippen LogP contribution in [0.2, 0.25) is 0 Å². The van der Waals surface area contributed by atoms with Gasteiger partial charge < -0.3 is 14.6 Å². The second-order valence-corrected chi connectivity index (χ2v) is 7.74. The highest BCUT2D eigenvalue weighted by Crippen LogP contribution is 2.31. The molecule has 158 valence electrons. The molecule has 1 aliphatic rings. The highest BCUT2D eigenvalue weighted by molar-refractivity contribution is 6.21. The second-order valence-electron chi connectivity index (χ2n) is 7.74. The van der Waals surface area contributed by atoms with Crippen molar-refractivity contribution in [2.24, 2.45) is 0 Å². The molecule has 0 saturated heterocycles. The lowest BCUT2D eigenvalue weighted by Crippen LogP contribution is -2.17. The van der Waals surface area contributed by atoms with Gasteiger partial charge in [-0.25, -0.2) is 4.79 Å². The van der Waals surface area contributed by atoms with E-state index >= 15 is 0 Å². The molecule has 0 amide bonds. The fourth-order valence-electron chi connectivity index (χ4n) is 3.88. The lowest BCUT2D eigenvalue weighted by atomic mass is 9.90. The number of fused-ring (bicyclic) bond motifs is 1. The van der Waals surface area contributed by atoms with Gasteiger partial charge in [-0.05, 0) is 46.9 Å². The van der Waals surface area contributed by atoms with E-state index in [2.05, 4.69) is 0 Å². The summed E-state index contributed by atoms with van der Waals surface area (Å²) in [6, 6.07) is 21.1. The largest absolute Gasteiger partial charge is 0.507 e. The Morgan fingerprint density at radius 2 is 1.77 bits per heavy atom. The Morgan fingerprint density at radius 1 is 1.06 bits per heavy atom. The number of cyclic esters (lactones) is 1. The first-order valence-electron chi connectivity index (χ1n) is 10.3. The minimum Gasteiger partial charge on any atom is -0.507 e. The fraction of sp³-hybridized carbons (Fsp3) is 0.231. The van der Waals surface area contributed by atoms with E-state index in [1.165, 1.54) is 0 Å². The maximum atomic E-state index is 13.1. The van der Waals surface area contributed by atoms with Crippen molar-refractivity contribution in [3.05, 3.63) is 89.2 Å². The molecule has 5 nitrogen and oxygen atoms in total. The van der Waals surface area contributed by atoms with Crippen molar-refractivity contribution < 1.29 is 24.2 Å². The maximum absolute atomic E-state index is 13.1. The third-order valence-corrected chi connectivity index (χ3v) is 5.76. The smallest absolute Gasteiger partial charge is 0.346 e. The highest BCUT2D eigenvalue weighted by Gasteiger charge is 2.39. The monoisotopic (exact) mass is 416 g/mol. The molecule has 1 N–H and O–H groups in total. The summed E-state index contributed by atoms with van der Waals surface area (Å²) in [6.07, 6.45) is 0.265. The predicted octanol–water partition coefficient (Wildman–Crippen LogP) is 4.89. The summed E-state index contributed by atoms with van der Waals surface area (Å²) >= 11 is 0. The number of hydrogen-bond acceptors (Lipinski definition) is 5. The highest BCUT2D eigenvalue weighted by atomic mass is 16.6. The van der Waals surface area contributed by atoms with E-state index in [4.69, 9.17) is 9.47 Å². The Kier molecular flexibility index (Phi) is 5.76. The van der Waals surface area contributed by atoms with Gasteiger partial charge in [0.25, 0.3) is 0 Å². The Labute approximate surface area is 180 Å². The molecule has 31 heavy (non-hydrogen) atoms. The Bertz CT molecular complexity index is 1160. The van der Waals surface area contributed by atoms with E-state index in [9.17, 15) is 14.7 Å². The number of hydrogen-bond donors (Lipinski definition) is 1. The maximum Gasteiger partial charge on any atom is 0.346 e. The van der Waals surface area contributed by atoms with E-state index < -0.39 is 23.8 Å². The van der Waals surface area contributed by atoms with Crippen molar-refractivity contribution >= 4 is 22.5 Å². The SMILES string of the molecule is COc1ccc2cc(C(C)C(=O)C3=C(O)C(CCc4ccccc4)OC3=O)ccc2c1. The quantitative estimate of drug-likeness (QED) is 0.438. The molecular weight excluding hydrogens is 392 g/mol. The number of ketones is 1. The normalized spacial score (nSPS) is 17.0. The zero-order valence-corrected chi connectivity index (χ0v) is 17.5. The topological polar surface area (TPSA) is 72.8 Å². The molecule has 0 fully saturated rings. The van der Waals surface area contributed by atoms with Crippen LogP contribution in [-0.4, -0.2) is 30.1 Å². The average molecular weight is 416 g/mol. The molecule has 0 saturated carbocycles. The molecule has 0 spiro atoms. The van der Waals surface area contributed by atoms with Crippen molar-refractivity contribution in [3.63, 3.8) is 0 Å². The van der Waals surface area contributed by atoms with Crippen LogP contribution in [0.5, 0.6) is 5.75 Å². The summed E-state index contributed by atoms with van der Waals surface area (Å²) in [5, 5.41) is 12.5. The first-order chi connectivity index (χ1) is 15.0. The van der Waals surface area contributed by atoms with Crippen molar-refractivity contribution in [2.75, 3.05) is 7.11 Å². The number of aryl methyl sites for hydroxylation is 1. The minimum atomic E-state index is -0.789. The number of carbonyl (C=O) groups is 2. The Balaban J connectivity index is 1.53. The van der Waals surface area contributed by atoms with E-state index in [0.717, 1.165) is 27.6 Å². The zero-order chi connectivity index (χ0) is 22.0.